The molecule has 0 radical (unpaired) electrons. The molecule has 0 fully saturated rings. The summed E-state index contributed by atoms with van der Waals surface area (Å²) in [6, 6.07) is 7.15. The molecule has 3 heterocycles. The van der Waals surface area contributed by atoms with Gasteiger partial charge in [0.1, 0.15) is 17.4 Å². The number of pyridine rings is 1. The van der Waals surface area contributed by atoms with Gasteiger partial charge in [0.15, 0.2) is 0 Å². The highest BCUT2D eigenvalue weighted by atomic mass is 19.4. The smallest absolute Gasteiger partial charge is 0.404 e. The fraction of sp³-hybridized carbons (Fsp3) is 0.176. The fourth-order valence-corrected chi connectivity index (χ4v) is 2.97. The van der Waals surface area contributed by atoms with Crippen molar-refractivity contribution in [2.24, 2.45) is 16.0 Å². The molecule has 138 valence electrons. The van der Waals surface area contributed by atoms with Gasteiger partial charge in [-0.25, -0.2) is 4.98 Å². The minimum absolute atomic E-state index is 0.171. The van der Waals surface area contributed by atoms with Crippen molar-refractivity contribution in [2.75, 3.05) is 6.54 Å². The first-order valence-electron chi connectivity index (χ1n) is 7.88. The molecule has 7 nitrogen and oxygen atoms in total. The van der Waals surface area contributed by atoms with E-state index in [0.717, 1.165) is 0 Å². The summed E-state index contributed by atoms with van der Waals surface area (Å²) in [7, 11) is 0. The van der Waals surface area contributed by atoms with Crippen molar-refractivity contribution in [3.8, 4) is 17.0 Å². The number of carbonyl (C=O) groups is 1. The van der Waals surface area contributed by atoms with Crippen molar-refractivity contribution in [2.45, 2.75) is 12.4 Å². The number of nitrogens with two attached hydrogens (primary N) is 1. The molecule has 1 aromatic carbocycles. The SMILES string of the molecule is NCC1N=NC(=O)c2ccc(-c3cnc4ccc(OC(F)(F)F)cn34)cc21. The summed E-state index contributed by atoms with van der Waals surface area (Å²) in [5.74, 6) is -0.823. The minimum atomic E-state index is -4.79. The van der Waals surface area contributed by atoms with Crippen LogP contribution in [0.25, 0.3) is 16.9 Å². The summed E-state index contributed by atoms with van der Waals surface area (Å²) in [5.41, 5.74) is 8.34. The lowest BCUT2D eigenvalue weighted by Gasteiger charge is -2.17. The molecule has 0 saturated carbocycles. The molecule has 1 unspecified atom stereocenters. The first kappa shape index (κ1) is 17.2. The monoisotopic (exact) mass is 375 g/mol. The Labute approximate surface area is 150 Å². The third-order valence-corrected chi connectivity index (χ3v) is 4.16. The fourth-order valence-electron chi connectivity index (χ4n) is 2.97. The van der Waals surface area contributed by atoms with Crippen molar-refractivity contribution in [3.05, 3.63) is 53.9 Å². The minimum Gasteiger partial charge on any atom is -0.404 e. The van der Waals surface area contributed by atoms with E-state index in [1.165, 1.54) is 28.9 Å². The van der Waals surface area contributed by atoms with Gasteiger partial charge < -0.3 is 10.5 Å². The Morgan fingerprint density at radius 2 is 2.04 bits per heavy atom. The predicted octanol–water partition coefficient (Wildman–Crippen LogP) is 3.51. The third-order valence-electron chi connectivity index (χ3n) is 4.16. The molecule has 0 saturated heterocycles. The van der Waals surface area contributed by atoms with Gasteiger partial charge in [-0.1, -0.05) is 6.07 Å². The molecule has 2 N–H and O–H groups in total. The largest absolute Gasteiger partial charge is 0.573 e. The second kappa shape index (κ2) is 6.16. The summed E-state index contributed by atoms with van der Waals surface area (Å²) in [6.45, 7) is 0.171. The first-order valence-corrected chi connectivity index (χ1v) is 7.88. The lowest BCUT2D eigenvalue weighted by Crippen LogP contribution is -2.17. The number of aromatic nitrogens is 2. The highest BCUT2D eigenvalue weighted by Gasteiger charge is 2.31. The van der Waals surface area contributed by atoms with Crippen molar-refractivity contribution in [1.29, 1.82) is 0 Å². The molecule has 1 aliphatic rings. The zero-order valence-electron chi connectivity index (χ0n) is 13.6. The number of halogens is 3. The molecule has 0 aliphatic carbocycles. The van der Waals surface area contributed by atoms with E-state index < -0.39 is 18.3 Å². The number of nitrogens with zero attached hydrogens (tertiary/aromatic N) is 4. The van der Waals surface area contributed by atoms with Gasteiger partial charge in [-0.05, 0) is 29.8 Å². The molecule has 2 aromatic heterocycles. The Hall–Kier alpha value is -3.27. The lowest BCUT2D eigenvalue weighted by molar-refractivity contribution is -0.274. The first-order chi connectivity index (χ1) is 12.9. The average molecular weight is 375 g/mol. The van der Waals surface area contributed by atoms with Gasteiger partial charge >= 0.3 is 6.36 Å². The number of fused-ring (bicyclic) bond motifs is 2. The van der Waals surface area contributed by atoms with Gasteiger partial charge in [-0.3, -0.25) is 9.20 Å². The standard InChI is InChI=1S/C17H12F3N5O2/c18-17(19,20)27-10-2-4-15-22-7-14(25(15)8-10)9-1-3-11-12(5-9)13(6-21)23-24-16(11)26/h1-5,7-8,13H,6,21H2. The number of imidazole rings is 1. The molecule has 3 aromatic rings. The second-order valence-corrected chi connectivity index (χ2v) is 5.86. The topological polar surface area (TPSA) is 94.3 Å². The van der Waals surface area contributed by atoms with Crippen LogP contribution in [-0.4, -0.2) is 28.2 Å². The molecule has 1 amide bonds. The van der Waals surface area contributed by atoms with E-state index in [4.69, 9.17) is 5.73 Å². The van der Waals surface area contributed by atoms with Crippen LogP contribution in [0.4, 0.5) is 13.2 Å². The maximum atomic E-state index is 12.5. The maximum Gasteiger partial charge on any atom is 0.573 e. The molecule has 27 heavy (non-hydrogen) atoms. The molecule has 4 rings (SSSR count). The number of azo groups is 1. The lowest BCUT2D eigenvalue weighted by atomic mass is 9.95. The van der Waals surface area contributed by atoms with Gasteiger partial charge in [-0.2, -0.15) is 5.11 Å². The van der Waals surface area contributed by atoms with Crippen LogP contribution in [0.5, 0.6) is 5.75 Å². The van der Waals surface area contributed by atoms with Crippen LogP contribution in [0.3, 0.4) is 0 Å². The highest BCUT2D eigenvalue weighted by molar-refractivity contribution is 5.97. The second-order valence-electron chi connectivity index (χ2n) is 5.86. The van der Waals surface area contributed by atoms with E-state index in [1.54, 1.807) is 18.2 Å². The highest BCUT2D eigenvalue weighted by Crippen LogP contribution is 2.32. The Balaban J connectivity index is 1.81. The summed E-state index contributed by atoms with van der Waals surface area (Å²) in [6.07, 6.45) is -2.06. The molecular weight excluding hydrogens is 363 g/mol. The maximum absolute atomic E-state index is 12.5. The van der Waals surface area contributed by atoms with Gasteiger partial charge in [0.05, 0.1) is 18.1 Å². The van der Waals surface area contributed by atoms with Crippen molar-refractivity contribution in [1.82, 2.24) is 9.38 Å². The summed E-state index contributed by atoms with van der Waals surface area (Å²) >= 11 is 0. The van der Waals surface area contributed by atoms with Gasteiger partial charge in [0, 0.05) is 17.7 Å². The zero-order chi connectivity index (χ0) is 19.2. The Morgan fingerprint density at radius 3 is 2.78 bits per heavy atom. The molecular formula is C17H12F3N5O2. The van der Waals surface area contributed by atoms with Crippen molar-refractivity contribution >= 4 is 11.6 Å². The number of benzene rings is 1. The van der Waals surface area contributed by atoms with Gasteiger partial charge in [-0.15, -0.1) is 18.3 Å². The predicted molar refractivity (Wildman–Crippen MR) is 88.3 cm³/mol. The molecule has 1 atom stereocenters. The van der Waals surface area contributed by atoms with E-state index in [9.17, 15) is 18.0 Å². The summed E-state index contributed by atoms with van der Waals surface area (Å²) in [5, 5.41) is 7.47. The quantitative estimate of drug-likeness (QED) is 0.758. The molecule has 0 spiro atoms. The van der Waals surface area contributed by atoms with E-state index >= 15 is 0 Å². The Bertz CT molecular complexity index is 1070. The molecule has 10 heteroatoms. The number of hydrogen-bond acceptors (Lipinski definition) is 5. The van der Waals surface area contributed by atoms with E-state index in [1.807, 2.05) is 0 Å². The summed E-state index contributed by atoms with van der Waals surface area (Å²) in [4.78, 5) is 16.1. The van der Waals surface area contributed by atoms with Crippen LogP contribution < -0.4 is 10.5 Å². The third kappa shape index (κ3) is 3.14. The summed E-state index contributed by atoms with van der Waals surface area (Å²) < 4.78 is 42.9. The van der Waals surface area contributed by atoms with Crippen LogP contribution >= 0.6 is 0 Å². The van der Waals surface area contributed by atoms with Crippen molar-refractivity contribution in [3.63, 3.8) is 0 Å². The number of carbonyl (C=O) groups excluding carboxylic acids is 1. The van der Waals surface area contributed by atoms with Gasteiger partial charge in [0.2, 0.25) is 0 Å². The van der Waals surface area contributed by atoms with E-state index in [-0.39, 0.29) is 12.3 Å². The van der Waals surface area contributed by atoms with Crippen LogP contribution in [0.2, 0.25) is 0 Å². The number of rotatable bonds is 3. The average Bonchev–Trinajstić information content (AvgIpc) is 3.03. The number of alkyl halides is 3. The van der Waals surface area contributed by atoms with Gasteiger partial charge in [0.25, 0.3) is 5.91 Å². The zero-order valence-corrected chi connectivity index (χ0v) is 13.6. The molecule has 0 bridgehead atoms. The number of hydrogen-bond donors (Lipinski definition) is 1. The van der Waals surface area contributed by atoms with Crippen LogP contribution in [0.15, 0.2) is 53.0 Å². The normalized spacial score (nSPS) is 16.6. The Kier molecular flexibility index (Phi) is 3.92. The number of ether oxygens (including phenoxy) is 1. The van der Waals surface area contributed by atoms with Crippen LogP contribution in [-0.2, 0) is 0 Å². The van der Waals surface area contributed by atoms with E-state index in [0.29, 0.717) is 28.0 Å². The van der Waals surface area contributed by atoms with E-state index in [2.05, 4.69) is 19.9 Å². The number of amides is 1. The Morgan fingerprint density at radius 1 is 1.22 bits per heavy atom. The van der Waals surface area contributed by atoms with Crippen molar-refractivity contribution < 1.29 is 22.7 Å². The van der Waals surface area contributed by atoms with Crippen LogP contribution in [0, 0.1) is 0 Å². The van der Waals surface area contributed by atoms with Crippen LogP contribution in [0.1, 0.15) is 22.0 Å². The molecule has 1 aliphatic heterocycles.